The van der Waals surface area contributed by atoms with E-state index in [1.807, 2.05) is 0 Å². The SMILES string of the molecule is COCCN1C(=O)c2[nH]nc(-c3cc(Cl)ccc3O)c2C1c1ccccc1F. The minimum Gasteiger partial charge on any atom is -0.507 e. The van der Waals surface area contributed by atoms with E-state index in [0.29, 0.717) is 34.0 Å². The highest BCUT2D eigenvalue weighted by Gasteiger charge is 2.43. The number of nitrogens with zero attached hydrogens (tertiary/aromatic N) is 2. The Morgan fingerprint density at radius 2 is 2.11 bits per heavy atom. The number of benzene rings is 2. The average molecular weight is 402 g/mol. The quantitative estimate of drug-likeness (QED) is 0.682. The summed E-state index contributed by atoms with van der Waals surface area (Å²) in [6.07, 6.45) is 0. The molecule has 2 heterocycles. The first-order chi connectivity index (χ1) is 13.5. The van der Waals surface area contributed by atoms with Crippen molar-refractivity contribution in [2.24, 2.45) is 0 Å². The Labute approximate surface area is 165 Å². The van der Waals surface area contributed by atoms with Gasteiger partial charge < -0.3 is 14.7 Å². The summed E-state index contributed by atoms with van der Waals surface area (Å²) in [7, 11) is 1.54. The van der Waals surface area contributed by atoms with Gasteiger partial charge in [0, 0.05) is 35.4 Å². The molecule has 144 valence electrons. The first-order valence-corrected chi connectivity index (χ1v) is 9.02. The van der Waals surface area contributed by atoms with Crippen molar-refractivity contribution in [3.05, 3.63) is 70.1 Å². The molecule has 0 saturated heterocycles. The number of fused-ring (bicyclic) bond motifs is 1. The fourth-order valence-corrected chi connectivity index (χ4v) is 3.71. The number of H-pyrrole nitrogens is 1. The molecule has 0 bridgehead atoms. The lowest BCUT2D eigenvalue weighted by atomic mass is 9.95. The highest BCUT2D eigenvalue weighted by molar-refractivity contribution is 6.31. The smallest absolute Gasteiger partial charge is 0.273 e. The van der Waals surface area contributed by atoms with Crippen molar-refractivity contribution in [3.8, 4) is 17.0 Å². The minimum atomic E-state index is -0.703. The van der Waals surface area contributed by atoms with Crippen LogP contribution in [0.2, 0.25) is 5.02 Å². The average Bonchev–Trinajstić information content (AvgIpc) is 3.22. The van der Waals surface area contributed by atoms with Gasteiger partial charge in [0.25, 0.3) is 5.91 Å². The van der Waals surface area contributed by atoms with Gasteiger partial charge in [0.1, 0.15) is 23.0 Å². The number of hydrogen-bond donors (Lipinski definition) is 2. The van der Waals surface area contributed by atoms with Gasteiger partial charge >= 0.3 is 0 Å². The zero-order valence-corrected chi connectivity index (χ0v) is 15.7. The van der Waals surface area contributed by atoms with Gasteiger partial charge in [-0.15, -0.1) is 0 Å². The van der Waals surface area contributed by atoms with Crippen molar-refractivity contribution in [1.82, 2.24) is 15.1 Å². The van der Waals surface area contributed by atoms with Gasteiger partial charge in [-0.25, -0.2) is 4.39 Å². The Morgan fingerprint density at radius 1 is 1.32 bits per heavy atom. The summed E-state index contributed by atoms with van der Waals surface area (Å²) in [6, 6.07) is 10.2. The normalized spacial score (nSPS) is 15.9. The van der Waals surface area contributed by atoms with Gasteiger partial charge in [-0.3, -0.25) is 9.89 Å². The van der Waals surface area contributed by atoms with E-state index in [4.69, 9.17) is 16.3 Å². The summed E-state index contributed by atoms with van der Waals surface area (Å²) in [4.78, 5) is 14.5. The highest BCUT2D eigenvalue weighted by Crippen LogP contribution is 2.45. The third-order valence-electron chi connectivity index (χ3n) is 4.81. The molecule has 3 aromatic rings. The van der Waals surface area contributed by atoms with Crippen LogP contribution in [0.15, 0.2) is 42.5 Å². The van der Waals surface area contributed by atoms with Crippen LogP contribution in [-0.2, 0) is 4.74 Å². The number of hydrogen-bond acceptors (Lipinski definition) is 4. The Morgan fingerprint density at radius 3 is 2.86 bits per heavy atom. The molecule has 6 nitrogen and oxygen atoms in total. The lowest BCUT2D eigenvalue weighted by Crippen LogP contribution is -2.33. The Kier molecular flexibility index (Phi) is 4.78. The summed E-state index contributed by atoms with van der Waals surface area (Å²) in [6.45, 7) is 0.573. The van der Waals surface area contributed by atoms with Crippen LogP contribution in [0.4, 0.5) is 4.39 Å². The molecule has 0 aliphatic carbocycles. The van der Waals surface area contributed by atoms with Gasteiger partial charge in [0.15, 0.2) is 0 Å². The summed E-state index contributed by atoms with van der Waals surface area (Å²) >= 11 is 6.09. The van der Waals surface area contributed by atoms with E-state index in [0.717, 1.165) is 0 Å². The number of halogens is 2. The lowest BCUT2D eigenvalue weighted by Gasteiger charge is -2.26. The van der Waals surface area contributed by atoms with Crippen molar-refractivity contribution in [2.75, 3.05) is 20.3 Å². The molecular formula is C20H17ClFN3O3. The third kappa shape index (κ3) is 2.93. The topological polar surface area (TPSA) is 78.5 Å². The van der Waals surface area contributed by atoms with E-state index < -0.39 is 11.9 Å². The van der Waals surface area contributed by atoms with E-state index in [1.54, 1.807) is 30.3 Å². The first kappa shape index (κ1) is 18.5. The van der Waals surface area contributed by atoms with Crippen LogP contribution in [0.5, 0.6) is 5.75 Å². The monoisotopic (exact) mass is 401 g/mol. The number of methoxy groups -OCH3 is 1. The molecular weight excluding hydrogens is 385 g/mol. The molecule has 0 fully saturated rings. The van der Waals surface area contributed by atoms with E-state index in [1.165, 1.54) is 24.1 Å². The molecule has 1 atom stereocenters. The highest BCUT2D eigenvalue weighted by atomic mass is 35.5. The van der Waals surface area contributed by atoms with Crippen LogP contribution in [0.25, 0.3) is 11.3 Å². The third-order valence-corrected chi connectivity index (χ3v) is 5.05. The molecule has 0 spiro atoms. The minimum absolute atomic E-state index is 0.0335. The van der Waals surface area contributed by atoms with Crippen LogP contribution in [-0.4, -0.2) is 46.4 Å². The number of aromatic nitrogens is 2. The number of ether oxygens (including phenoxy) is 1. The van der Waals surface area contributed by atoms with Crippen molar-refractivity contribution < 1.29 is 19.0 Å². The van der Waals surface area contributed by atoms with Crippen LogP contribution >= 0.6 is 11.6 Å². The molecule has 0 radical (unpaired) electrons. The number of carbonyl (C=O) groups is 1. The summed E-state index contributed by atoms with van der Waals surface area (Å²) in [5.41, 5.74) is 1.83. The fourth-order valence-electron chi connectivity index (χ4n) is 3.54. The van der Waals surface area contributed by atoms with Crippen molar-refractivity contribution in [2.45, 2.75) is 6.04 Å². The number of aromatic hydroxyl groups is 1. The molecule has 28 heavy (non-hydrogen) atoms. The molecule has 2 aromatic carbocycles. The maximum Gasteiger partial charge on any atom is 0.273 e. The van der Waals surface area contributed by atoms with Crippen LogP contribution < -0.4 is 0 Å². The number of amides is 1. The Hall–Kier alpha value is -2.90. The maximum absolute atomic E-state index is 14.7. The number of phenolic OH excluding ortho intramolecular Hbond substituents is 1. The Balaban J connectivity index is 1.92. The van der Waals surface area contributed by atoms with E-state index >= 15 is 0 Å². The first-order valence-electron chi connectivity index (χ1n) is 8.64. The molecule has 1 unspecified atom stereocenters. The predicted molar refractivity (Wildman–Crippen MR) is 102 cm³/mol. The molecule has 4 rings (SSSR count). The second-order valence-corrected chi connectivity index (χ2v) is 6.87. The standard InChI is InChI=1S/C20H17ClFN3O3/c1-28-9-8-25-19(12-4-2-3-5-14(12)22)16-17(23-24-18(16)20(25)27)13-10-11(21)6-7-15(13)26/h2-7,10,19,26H,8-9H2,1H3,(H,23,24). The van der Waals surface area contributed by atoms with Crippen molar-refractivity contribution in [3.63, 3.8) is 0 Å². The Bertz CT molecular complexity index is 1050. The van der Waals surface area contributed by atoms with Crippen molar-refractivity contribution >= 4 is 17.5 Å². The van der Waals surface area contributed by atoms with Crippen LogP contribution in [0.3, 0.4) is 0 Å². The number of nitrogens with one attached hydrogen (secondary N) is 1. The molecule has 8 heteroatoms. The number of carbonyl (C=O) groups excluding carboxylic acids is 1. The predicted octanol–water partition coefficient (Wildman–Crippen LogP) is 3.77. The second-order valence-electron chi connectivity index (χ2n) is 6.44. The van der Waals surface area contributed by atoms with Gasteiger partial charge in [-0.2, -0.15) is 5.10 Å². The lowest BCUT2D eigenvalue weighted by molar-refractivity contribution is 0.0675. The van der Waals surface area contributed by atoms with Gasteiger partial charge in [-0.1, -0.05) is 29.8 Å². The number of aromatic amines is 1. The fraction of sp³-hybridized carbons (Fsp3) is 0.200. The molecule has 1 aliphatic heterocycles. The molecule has 0 saturated carbocycles. The van der Waals surface area contributed by atoms with E-state index in [2.05, 4.69) is 10.2 Å². The molecule has 1 aromatic heterocycles. The van der Waals surface area contributed by atoms with Crippen LogP contribution in [0, 0.1) is 5.82 Å². The maximum atomic E-state index is 14.7. The molecule has 2 N–H and O–H groups in total. The van der Waals surface area contributed by atoms with Gasteiger partial charge in [-0.05, 0) is 24.3 Å². The van der Waals surface area contributed by atoms with Crippen molar-refractivity contribution in [1.29, 1.82) is 0 Å². The van der Waals surface area contributed by atoms with Gasteiger partial charge in [0.05, 0.1) is 12.6 Å². The largest absolute Gasteiger partial charge is 0.507 e. The summed E-state index contributed by atoms with van der Waals surface area (Å²) in [5, 5.41) is 17.7. The summed E-state index contributed by atoms with van der Waals surface area (Å²) in [5.74, 6) is -0.771. The molecule has 1 amide bonds. The summed E-state index contributed by atoms with van der Waals surface area (Å²) < 4.78 is 19.8. The van der Waals surface area contributed by atoms with Gasteiger partial charge in [0.2, 0.25) is 0 Å². The zero-order chi connectivity index (χ0) is 19.8. The van der Waals surface area contributed by atoms with Crippen LogP contribution in [0.1, 0.15) is 27.7 Å². The second kappa shape index (κ2) is 7.26. The van der Waals surface area contributed by atoms with E-state index in [-0.39, 0.29) is 23.9 Å². The zero-order valence-electron chi connectivity index (χ0n) is 14.9. The van der Waals surface area contributed by atoms with E-state index in [9.17, 15) is 14.3 Å². The molecule has 1 aliphatic rings. The number of phenols is 1. The number of rotatable bonds is 5.